The second-order valence-electron chi connectivity index (χ2n) is 6.39. The van der Waals surface area contributed by atoms with Crippen LogP contribution in [0.3, 0.4) is 0 Å². The number of aliphatic hydroxyl groups excluding tert-OH is 1. The van der Waals surface area contributed by atoms with E-state index in [-0.39, 0.29) is 13.2 Å². The quantitative estimate of drug-likeness (QED) is 0.352. The molecule has 25 heavy (non-hydrogen) atoms. The lowest BCUT2D eigenvalue weighted by Crippen LogP contribution is -2.11. The van der Waals surface area contributed by atoms with Crippen molar-refractivity contribution in [1.82, 2.24) is 0 Å². The molecule has 142 valence electrons. The summed E-state index contributed by atoms with van der Waals surface area (Å²) in [6.07, 6.45) is 12.8. The zero-order valence-corrected chi connectivity index (χ0v) is 15.7. The van der Waals surface area contributed by atoms with Crippen LogP contribution < -0.4 is 4.74 Å². The average Bonchev–Trinajstić information content (AvgIpc) is 2.64. The summed E-state index contributed by atoms with van der Waals surface area (Å²) in [6, 6.07) is 7.10. The number of hydrogen-bond donors (Lipinski definition) is 1. The molecule has 0 aliphatic heterocycles. The largest absolute Gasteiger partial charge is 0.493 e. The molecule has 0 aromatic heterocycles. The molecule has 1 N–H and O–H groups in total. The first kappa shape index (κ1) is 21.5. The highest BCUT2D eigenvalue weighted by atomic mass is 16.5. The van der Waals surface area contributed by atoms with Gasteiger partial charge in [0.15, 0.2) is 0 Å². The van der Waals surface area contributed by atoms with Gasteiger partial charge in [0.05, 0.1) is 13.2 Å². The molecule has 0 unspecified atom stereocenters. The molecule has 0 bridgehead atoms. The van der Waals surface area contributed by atoms with Gasteiger partial charge >= 0.3 is 5.97 Å². The molecule has 0 atom stereocenters. The molecule has 1 rings (SSSR count). The van der Waals surface area contributed by atoms with Gasteiger partial charge < -0.3 is 14.6 Å². The van der Waals surface area contributed by atoms with Crippen molar-refractivity contribution in [1.29, 1.82) is 0 Å². The van der Waals surface area contributed by atoms with Gasteiger partial charge in [0, 0.05) is 0 Å². The molecule has 1 aromatic carbocycles. The second-order valence-corrected chi connectivity index (χ2v) is 6.39. The van der Waals surface area contributed by atoms with E-state index in [0.717, 1.165) is 12.8 Å². The van der Waals surface area contributed by atoms with Gasteiger partial charge in [-0.2, -0.15) is 0 Å². The van der Waals surface area contributed by atoms with Crippen molar-refractivity contribution in [3.63, 3.8) is 0 Å². The average molecular weight is 350 g/mol. The number of hydrogen-bond acceptors (Lipinski definition) is 4. The molecule has 0 amide bonds. The summed E-state index contributed by atoms with van der Waals surface area (Å²) >= 11 is 0. The first-order chi connectivity index (χ1) is 12.3. The van der Waals surface area contributed by atoms with Crippen LogP contribution in [0.4, 0.5) is 0 Å². The smallest absolute Gasteiger partial charge is 0.342 e. The number of para-hydroxylation sites is 1. The first-order valence-corrected chi connectivity index (χ1v) is 9.79. The Morgan fingerprint density at radius 1 is 0.880 bits per heavy atom. The fourth-order valence-electron chi connectivity index (χ4n) is 2.75. The third kappa shape index (κ3) is 10.1. The Hall–Kier alpha value is -1.55. The topological polar surface area (TPSA) is 55.8 Å². The SMILES string of the molecule is CCCCCCCCCCCCOc1ccccc1C(=O)OCCO. The zero-order chi connectivity index (χ0) is 18.2. The van der Waals surface area contributed by atoms with Crippen LogP contribution in [-0.2, 0) is 4.74 Å². The lowest BCUT2D eigenvalue weighted by Gasteiger charge is -2.11. The molecule has 0 saturated carbocycles. The maximum absolute atomic E-state index is 11.9. The standard InChI is InChI=1S/C21H34O4/c1-2-3-4-5-6-7-8-9-10-13-17-24-20-15-12-11-14-19(20)21(23)25-18-16-22/h11-12,14-15,22H,2-10,13,16-18H2,1H3. The van der Waals surface area contributed by atoms with Gasteiger partial charge in [-0.25, -0.2) is 4.79 Å². The number of ether oxygens (including phenoxy) is 2. The van der Waals surface area contributed by atoms with Crippen molar-refractivity contribution in [2.45, 2.75) is 71.1 Å². The van der Waals surface area contributed by atoms with Crippen LogP contribution in [0.2, 0.25) is 0 Å². The second kappa shape index (κ2) is 14.8. The number of carbonyl (C=O) groups is 1. The monoisotopic (exact) mass is 350 g/mol. The highest BCUT2D eigenvalue weighted by Gasteiger charge is 2.13. The summed E-state index contributed by atoms with van der Waals surface area (Å²) in [5.74, 6) is 0.106. The number of carbonyl (C=O) groups excluding carboxylic acids is 1. The Morgan fingerprint density at radius 2 is 1.48 bits per heavy atom. The molecule has 0 spiro atoms. The predicted octanol–water partition coefficient (Wildman–Crippen LogP) is 5.14. The molecule has 0 fully saturated rings. The minimum absolute atomic E-state index is 0.00557. The van der Waals surface area contributed by atoms with Gasteiger partial charge in [0.1, 0.15) is 17.9 Å². The van der Waals surface area contributed by atoms with Gasteiger partial charge in [0.2, 0.25) is 0 Å². The number of rotatable bonds is 15. The van der Waals surface area contributed by atoms with Gasteiger partial charge in [-0.05, 0) is 18.6 Å². The van der Waals surface area contributed by atoms with Gasteiger partial charge in [-0.3, -0.25) is 0 Å². The predicted molar refractivity (Wildman–Crippen MR) is 101 cm³/mol. The molecular formula is C21H34O4. The van der Waals surface area contributed by atoms with E-state index < -0.39 is 5.97 Å². The summed E-state index contributed by atoms with van der Waals surface area (Å²) in [7, 11) is 0. The van der Waals surface area contributed by atoms with E-state index in [1.807, 2.05) is 6.07 Å². The van der Waals surface area contributed by atoms with Crippen LogP contribution >= 0.6 is 0 Å². The maximum Gasteiger partial charge on any atom is 0.342 e. The van der Waals surface area contributed by atoms with Crippen molar-refractivity contribution in [2.24, 2.45) is 0 Å². The Balaban J connectivity index is 2.13. The molecule has 0 saturated heterocycles. The van der Waals surface area contributed by atoms with Gasteiger partial charge in [0.25, 0.3) is 0 Å². The number of esters is 1. The van der Waals surface area contributed by atoms with Gasteiger partial charge in [-0.15, -0.1) is 0 Å². The lowest BCUT2D eigenvalue weighted by atomic mass is 10.1. The summed E-state index contributed by atoms with van der Waals surface area (Å²) in [5.41, 5.74) is 0.419. The first-order valence-electron chi connectivity index (χ1n) is 9.79. The van der Waals surface area contributed by atoms with E-state index in [1.54, 1.807) is 18.2 Å². The molecule has 0 radical (unpaired) electrons. The van der Waals surface area contributed by atoms with Crippen LogP contribution in [0.5, 0.6) is 5.75 Å². The van der Waals surface area contributed by atoms with Gasteiger partial charge in [-0.1, -0.05) is 76.8 Å². The van der Waals surface area contributed by atoms with Crippen molar-refractivity contribution in [3.8, 4) is 5.75 Å². The normalized spacial score (nSPS) is 10.6. The fraction of sp³-hybridized carbons (Fsp3) is 0.667. The third-order valence-corrected chi connectivity index (χ3v) is 4.19. The molecule has 4 heteroatoms. The number of unbranched alkanes of at least 4 members (excludes halogenated alkanes) is 9. The van der Waals surface area contributed by atoms with E-state index in [1.165, 1.54) is 51.4 Å². The van der Waals surface area contributed by atoms with E-state index in [4.69, 9.17) is 14.6 Å². The van der Waals surface area contributed by atoms with Crippen LogP contribution in [0, 0.1) is 0 Å². The highest BCUT2D eigenvalue weighted by Crippen LogP contribution is 2.19. The van der Waals surface area contributed by atoms with Crippen molar-refractivity contribution in [3.05, 3.63) is 29.8 Å². The third-order valence-electron chi connectivity index (χ3n) is 4.19. The Labute approximate surface area is 152 Å². The van der Waals surface area contributed by atoms with E-state index in [0.29, 0.717) is 17.9 Å². The maximum atomic E-state index is 11.9. The molecule has 0 aliphatic carbocycles. The zero-order valence-electron chi connectivity index (χ0n) is 15.7. The number of aliphatic hydroxyl groups is 1. The molecule has 0 heterocycles. The lowest BCUT2D eigenvalue weighted by molar-refractivity contribution is 0.0429. The summed E-state index contributed by atoms with van der Waals surface area (Å²) in [4.78, 5) is 11.9. The van der Waals surface area contributed by atoms with E-state index in [9.17, 15) is 4.79 Å². The summed E-state index contributed by atoms with van der Waals surface area (Å²) < 4.78 is 10.7. The van der Waals surface area contributed by atoms with Crippen LogP contribution in [0.25, 0.3) is 0 Å². The highest BCUT2D eigenvalue weighted by molar-refractivity contribution is 5.92. The number of benzene rings is 1. The van der Waals surface area contributed by atoms with Crippen LogP contribution in [-0.4, -0.2) is 30.9 Å². The Kier molecular flexibility index (Phi) is 12.7. The van der Waals surface area contributed by atoms with Crippen LogP contribution in [0.15, 0.2) is 24.3 Å². The minimum Gasteiger partial charge on any atom is -0.493 e. The van der Waals surface area contributed by atoms with E-state index >= 15 is 0 Å². The van der Waals surface area contributed by atoms with Crippen molar-refractivity contribution in [2.75, 3.05) is 19.8 Å². The minimum atomic E-state index is -0.451. The Morgan fingerprint density at radius 3 is 2.12 bits per heavy atom. The summed E-state index contributed by atoms with van der Waals surface area (Å²) in [5, 5.41) is 8.74. The molecule has 4 nitrogen and oxygen atoms in total. The van der Waals surface area contributed by atoms with Crippen LogP contribution in [0.1, 0.15) is 81.5 Å². The van der Waals surface area contributed by atoms with Crippen molar-refractivity contribution < 1.29 is 19.4 Å². The molecule has 1 aromatic rings. The molecular weight excluding hydrogens is 316 g/mol. The van der Waals surface area contributed by atoms with Crippen molar-refractivity contribution >= 4 is 5.97 Å². The Bertz CT molecular complexity index is 459. The van der Waals surface area contributed by atoms with E-state index in [2.05, 4.69) is 6.92 Å². The summed E-state index contributed by atoms with van der Waals surface area (Å²) in [6.45, 7) is 2.69. The fourth-order valence-corrected chi connectivity index (χ4v) is 2.75. The molecule has 0 aliphatic rings.